The average molecular weight is 270 g/mol. The zero-order valence-electron chi connectivity index (χ0n) is 11.4. The molecule has 1 nitrogen and oxygen atoms in total. The Morgan fingerprint density at radius 1 is 1.12 bits per heavy atom. The quantitative estimate of drug-likeness (QED) is 0.212. The van der Waals surface area contributed by atoms with Crippen LogP contribution >= 0.6 is 24.8 Å². The van der Waals surface area contributed by atoms with Gasteiger partial charge in [-0.3, -0.25) is 0 Å². The van der Waals surface area contributed by atoms with E-state index in [0.29, 0.717) is 4.38 Å². The first kappa shape index (κ1) is 19.3. The monoisotopic (exact) mass is 270 g/mol. The molecule has 0 amide bonds. The second-order valence-corrected chi connectivity index (χ2v) is 4.75. The Labute approximate surface area is 135 Å². The number of hydrogen-bond acceptors (Lipinski definition) is 2. The van der Waals surface area contributed by atoms with Gasteiger partial charge in [0, 0.05) is 0 Å². The summed E-state index contributed by atoms with van der Waals surface area (Å²) < 4.78 is 5.45. The molecule has 0 aliphatic rings. The van der Waals surface area contributed by atoms with Gasteiger partial charge in [-0.15, -0.1) is 6.58 Å². The molecule has 0 saturated heterocycles. The van der Waals surface area contributed by atoms with Crippen LogP contribution in [0.5, 0.6) is 0 Å². The van der Waals surface area contributed by atoms with Crippen molar-refractivity contribution in [1.29, 1.82) is 0 Å². The summed E-state index contributed by atoms with van der Waals surface area (Å²) in [6.07, 6.45) is 12.1. The van der Waals surface area contributed by atoms with E-state index in [0.717, 1.165) is 19.4 Å². The molecule has 0 aliphatic heterocycles. The molecule has 0 atom stereocenters. The van der Waals surface area contributed by atoms with Crippen LogP contribution < -0.4 is 29.6 Å². The molecule has 0 saturated carbocycles. The van der Waals surface area contributed by atoms with Crippen LogP contribution in [0.2, 0.25) is 0 Å². The minimum absolute atomic E-state index is 0. The van der Waals surface area contributed by atoms with Crippen LogP contribution in [-0.4, -0.2) is 11.0 Å². The van der Waals surface area contributed by atoms with Gasteiger partial charge in [0.2, 0.25) is 4.38 Å². The van der Waals surface area contributed by atoms with Crippen LogP contribution in [0.3, 0.4) is 0 Å². The van der Waals surface area contributed by atoms with Crippen LogP contribution in [0.4, 0.5) is 0 Å². The second-order valence-electron chi connectivity index (χ2n) is 3.67. The number of thiocarbonyl (C=S) groups is 1. The molecule has 0 bridgehead atoms. The first-order valence-corrected chi connectivity index (χ1v) is 6.59. The number of unbranched alkanes of at least 4 members (excludes halogenated alkanes) is 7. The van der Waals surface area contributed by atoms with Crippen molar-refractivity contribution in [3.05, 3.63) is 12.7 Å². The van der Waals surface area contributed by atoms with Crippen molar-refractivity contribution in [3.8, 4) is 0 Å². The minimum atomic E-state index is 0. The Balaban J connectivity index is -0.000000980. The molecule has 0 heterocycles. The first-order chi connectivity index (χ1) is 7.27. The van der Waals surface area contributed by atoms with Crippen molar-refractivity contribution < 1.29 is 35.7 Å². The fraction of sp³-hybridized carbons (Fsp3) is 0.750. The number of allylic oxidation sites excluding steroid dienone is 1. The Hall–Kier alpha value is 0.980. The largest absolute Gasteiger partial charge is 1.00 e. The van der Waals surface area contributed by atoms with Crippen LogP contribution in [0, 0.1) is 0 Å². The Morgan fingerprint density at radius 2 is 1.62 bits per heavy atom. The number of ether oxygens (including phenoxy) is 1. The average Bonchev–Trinajstić information content (AvgIpc) is 2.20. The molecule has 0 fully saturated rings. The summed E-state index contributed by atoms with van der Waals surface area (Å²) in [5.41, 5.74) is 0. The molecule has 90 valence electrons. The van der Waals surface area contributed by atoms with Gasteiger partial charge in [-0.05, 0) is 31.5 Å². The van der Waals surface area contributed by atoms with Crippen LogP contribution in [0.25, 0.3) is 0 Å². The van der Waals surface area contributed by atoms with Crippen molar-refractivity contribution in [3.63, 3.8) is 0 Å². The molecule has 0 N–H and O–H groups in total. The maximum atomic E-state index is 5.09. The zero-order valence-corrected chi connectivity index (χ0v) is 14.1. The summed E-state index contributed by atoms with van der Waals surface area (Å²) in [4.78, 5) is 0. The van der Waals surface area contributed by atoms with Gasteiger partial charge < -0.3 is 6.16 Å². The van der Waals surface area contributed by atoms with E-state index in [9.17, 15) is 0 Å². The molecule has 0 spiro atoms. The van der Waals surface area contributed by atoms with Gasteiger partial charge in [-0.25, -0.2) is 0 Å². The molecule has 0 aromatic rings. The van der Waals surface area contributed by atoms with E-state index in [1.54, 1.807) is 0 Å². The number of thiol groups is 1. The maximum Gasteiger partial charge on any atom is 1.00 e. The SMILES string of the molecule is C=CCCCCCCCCCOC(=S)S.[H-].[Na+]. The molecule has 0 aromatic heterocycles. The summed E-state index contributed by atoms with van der Waals surface area (Å²) in [6.45, 7) is 4.43. The molecule has 4 heteroatoms. The third kappa shape index (κ3) is 17.4. The fourth-order valence-corrected chi connectivity index (χ4v) is 1.61. The Kier molecular flexibility index (Phi) is 19.3. The Bertz CT molecular complexity index is 180. The first-order valence-electron chi connectivity index (χ1n) is 5.74. The van der Waals surface area contributed by atoms with Gasteiger partial charge in [-0.2, -0.15) is 0 Å². The minimum Gasteiger partial charge on any atom is -1.00 e. The van der Waals surface area contributed by atoms with Crippen molar-refractivity contribution in [2.75, 3.05) is 6.61 Å². The number of rotatable bonds is 10. The molecule has 0 unspecified atom stereocenters. The van der Waals surface area contributed by atoms with Crippen molar-refractivity contribution in [2.45, 2.75) is 51.4 Å². The molecule has 0 rings (SSSR count). The molecular weight excluding hydrogens is 247 g/mol. The normalized spacial score (nSPS) is 9.31. The van der Waals surface area contributed by atoms with Gasteiger partial charge in [0.25, 0.3) is 0 Å². The van der Waals surface area contributed by atoms with Crippen LogP contribution in [0.15, 0.2) is 12.7 Å². The summed E-state index contributed by atoms with van der Waals surface area (Å²) in [7, 11) is 0. The van der Waals surface area contributed by atoms with Crippen LogP contribution in [0.1, 0.15) is 52.8 Å². The standard InChI is InChI=1S/C12H22OS2.Na.H/c1-2-3-4-5-6-7-8-9-10-11-13-12(14)15;;/h2H,1,3-11H2,(H,14,15);;/q;+1;-1. The summed E-state index contributed by atoms with van der Waals surface area (Å²) in [6, 6.07) is 0. The summed E-state index contributed by atoms with van der Waals surface area (Å²) in [5.74, 6) is 0. The van der Waals surface area contributed by atoms with Gasteiger partial charge >= 0.3 is 29.6 Å². The number of hydrogen-bond donors (Lipinski definition) is 1. The summed E-state index contributed by atoms with van der Waals surface area (Å²) in [5, 5.41) is 0. The predicted molar refractivity (Wildman–Crippen MR) is 75.8 cm³/mol. The summed E-state index contributed by atoms with van der Waals surface area (Å²) >= 11 is 8.58. The van der Waals surface area contributed by atoms with Gasteiger partial charge in [0.05, 0.1) is 6.61 Å². The Morgan fingerprint density at radius 3 is 2.12 bits per heavy atom. The topological polar surface area (TPSA) is 9.23 Å². The van der Waals surface area contributed by atoms with Crippen molar-refractivity contribution in [2.24, 2.45) is 0 Å². The smallest absolute Gasteiger partial charge is 1.00 e. The van der Waals surface area contributed by atoms with E-state index >= 15 is 0 Å². The molecular formula is C12H23NaOS2. The molecule has 0 aliphatic carbocycles. The third-order valence-electron chi connectivity index (χ3n) is 2.28. The predicted octanol–water partition coefficient (Wildman–Crippen LogP) is 1.64. The van der Waals surface area contributed by atoms with Gasteiger partial charge in [0.1, 0.15) is 0 Å². The van der Waals surface area contributed by atoms with Crippen LogP contribution in [-0.2, 0) is 4.74 Å². The maximum absolute atomic E-state index is 5.09. The molecule has 16 heavy (non-hydrogen) atoms. The van der Waals surface area contributed by atoms with E-state index in [4.69, 9.17) is 4.74 Å². The van der Waals surface area contributed by atoms with Gasteiger partial charge in [-0.1, -0.05) is 50.8 Å². The van der Waals surface area contributed by atoms with E-state index in [1.165, 1.54) is 38.5 Å². The van der Waals surface area contributed by atoms with E-state index in [2.05, 4.69) is 31.4 Å². The van der Waals surface area contributed by atoms with Gasteiger partial charge in [0.15, 0.2) is 0 Å². The van der Waals surface area contributed by atoms with E-state index in [-0.39, 0.29) is 31.0 Å². The molecule has 0 radical (unpaired) electrons. The van der Waals surface area contributed by atoms with E-state index in [1.807, 2.05) is 6.08 Å². The molecule has 0 aromatic carbocycles. The third-order valence-corrected chi connectivity index (χ3v) is 2.53. The van der Waals surface area contributed by atoms with Crippen molar-refractivity contribution in [1.82, 2.24) is 0 Å². The second kappa shape index (κ2) is 16.0. The van der Waals surface area contributed by atoms with E-state index < -0.39 is 0 Å². The fourth-order valence-electron chi connectivity index (χ4n) is 1.43. The zero-order chi connectivity index (χ0) is 11.4. The van der Waals surface area contributed by atoms with Crippen molar-refractivity contribution >= 4 is 29.2 Å².